The highest BCUT2D eigenvalue weighted by Gasteiger charge is 2.18. The summed E-state index contributed by atoms with van der Waals surface area (Å²) in [5.41, 5.74) is 8.67. The number of hydrogen-bond acceptors (Lipinski definition) is 4. The van der Waals surface area contributed by atoms with E-state index in [9.17, 15) is 9.18 Å². The van der Waals surface area contributed by atoms with Crippen molar-refractivity contribution >= 4 is 24.8 Å². The van der Waals surface area contributed by atoms with Gasteiger partial charge in [0.1, 0.15) is 12.5 Å². The zero-order valence-corrected chi connectivity index (χ0v) is 19.2. The zero-order chi connectivity index (χ0) is 21.9. The fourth-order valence-corrected chi connectivity index (χ4v) is 4.23. The largest absolute Gasteiger partial charge is 0.394 e. The first-order valence-corrected chi connectivity index (χ1v) is 14.1. The van der Waals surface area contributed by atoms with Crippen LogP contribution in [0.15, 0.2) is 35.4 Å². The molecule has 0 bridgehead atoms. The van der Waals surface area contributed by atoms with Gasteiger partial charge in [0.2, 0.25) is 0 Å². The van der Waals surface area contributed by atoms with Crippen LogP contribution in [0, 0.1) is 5.82 Å². The highest BCUT2D eigenvalue weighted by Crippen LogP contribution is 2.26. The molecule has 0 saturated carbocycles. The third kappa shape index (κ3) is 4.99. The summed E-state index contributed by atoms with van der Waals surface area (Å²) in [6, 6.07) is 6.29. The number of anilines is 1. The number of halogens is 1. The Morgan fingerprint density at radius 1 is 1.30 bits per heavy atom. The Hall–Kier alpha value is -2.45. The van der Waals surface area contributed by atoms with Crippen LogP contribution in [-0.2, 0) is 24.4 Å². The van der Waals surface area contributed by atoms with Crippen LogP contribution in [0.2, 0.25) is 25.7 Å². The highest BCUT2D eigenvalue weighted by atomic mass is 28.3. The molecule has 0 amide bonds. The summed E-state index contributed by atoms with van der Waals surface area (Å²) in [5, 5.41) is 0. The highest BCUT2D eigenvalue weighted by molar-refractivity contribution is 6.76. The van der Waals surface area contributed by atoms with Gasteiger partial charge in [-0.2, -0.15) is 0 Å². The van der Waals surface area contributed by atoms with Crippen molar-refractivity contribution in [1.29, 1.82) is 0 Å². The maximum absolute atomic E-state index is 14.6. The van der Waals surface area contributed by atoms with Gasteiger partial charge in [-0.1, -0.05) is 33.0 Å². The SMILES string of the molecule is CCCc1c(F)cnc2cc(Cn3cccc(N)c3=O)n(COCC[Si](C)(C)C)c12. The summed E-state index contributed by atoms with van der Waals surface area (Å²) >= 11 is 0. The third-order valence-corrected chi connectivity index (χ3v) is 6.86. The van der Waals surface area contributed by atoms with Crippen molar-refractivity contribution in [2.24, 2.45) is 0 Å². The van der Waals surface area contributed by atoms with Gasteiger partial charge in [0, 0.05) is 32.1 Å². The van der Waals surface area contributed by atoms with Crippen molar-refractivity contribution in [3.05, 3.63) is 58.0 Å². The van der Waals surface area contributed by atoms with Crippen LogP contribution in [0.4, 0.5) is 10.1 Å². The summed E-state index contributed by atoms with van der Waals surface area (Å²) in [6.07, 6.45) is 4.41. The van der Waals surface area contributed by atoms with E-state index in [1.807, 2.05) is 17.6 Å². The van der Waals surface area contributed by atoms with Gasteiger partial charge in [-0.05, 0) is 30.7 Å². The van der Waals surface area contributed by atoms with Crippen molar-refractivity contribution in [3.8, 4) is 0 Å². The fraction of sp³-hybridized carbons (Fsp3) is 0.455. The summed E-state index contributed by atoms with van der Waals surface area (Å²) in [6.45, 7) is 10.2. The van der Waals surface area contributed by atoms with Gasteiger partial charge < -0.3 is 19.6 Å². The number of aryl methyl sites for hydroxylation is 1. The van der Waals surface area contributed by atoms with Gasteiger partial charge in [-0.15, -0.1) is 0 Å². The number of nitrogens with two attached hydrogens (primary N) is 1. The summed E-state index contributed by atoms with van der Waals surface area (Å²) in [4.78, 5) is 16.7. The molecule has 30 heavy (non-hydrogen) atoms. The molecule has 0 atom stereocenters. The molecule has 0 aromatic carbocycles. The van der Waals surface area contributed by atoms with Gasteiger partial charge in [-0.25, -0.2) is 4.39 Å². The predicted molar refractivity (Wildman–Crippen MR) is 122 cm³/mol. The first kappa shape index (κ1) is 22.2. The minimum absolute atomic E-state index is 0.197. The minimum Gasteiger partial charge on any atom is -0.394 e. The molecule has 0 aliphatic heterocycles. The van der Waals surface area contributed by atoms with Crippen molar-refractivity contribution in [2.45, 2.75) is 58.7 Å². The lowest BCUT2D eigenvalue weighted by Gasteiger charge is -2.18. The Morgan fingerprint density at radius 3 is 2.77 bits per heavy atom. The van der Waals surface area contributed by atoms with Crippen molar-refractivity contribution in [3.63, 3.8) is 0 Å². The van der Waals surface area contributed by atoms with Gasteiger partial charge in [0.25, 0.3) is 5.56 Å². The second-order valence-corrected chi connectivity index (χ2v) is 14.5. The number of nitrogens with zero attached hydrogens (tertiary/aromatic N) is 3. The van der Waals surface area contributed by atoms with Crippen molar-refractivity contribution in [1.82, 2.24) is 14.1 Å². The molecule has 8 heteroatoms. The van der Waals surface area contributed by atoms with Crippen LogP contribution in [0.3, 0.4) is 0 Å². The standard InChI is InChI=1S/C22H31FN4O2Si/c1-5-7-17-18(23)13-25-20-12-16(14-26-9-6-8-19(24)22(26)28)27(21(17)20)15-29-10-11-30(2,3)4/h6,8-9,12-13H,5,7,10-11,14-15,24H2,1-4H3. The first-order valence-electron chi connectivity index (χ1n) is 10.4. The summed E-state index contributed by atoms with van der Waals surface area (Å²) in [5.74, 6) is -0.307. The fourth-order valence-electron chi connectivity index (χ4n) is 3.47. The molecule has 0 saturated heterocycles. The Bertz CT molecular complexity index is 1090. The monoisotopic (exact) mass is 430 g/mol. The molecule has 6 nitrogen and oxygen atoms in total. The molecule has 162 valence electrons. The molecule has 3 aromatic rings. The summed E-state index contributed by atoms with van der Waals surface area (Å²) in [7, 11) is -1.22. The molecule has 3 aromatic heterocycles. The van der Waals surface area contributed by atoms with Crippen LogP contribution in [0.5, 0.6) is 0 Å². The van der Waals surface area contributed by atoms with Crippen LogP contribution in [-0.4, -0.2) is 28.8 Å². The van der Waals surface area contributed by atoms with E-state index < -0.39 is 8.07 Å². The summed E-state index contributed by atoms with van der Waals surface area (Å²) < 4.78 is 24.1. The molecule has 3 heterocycles. The molecule has 0 fully saturated rings. The zero-order valence-electron chi connectivity index (χ0n) is 18.2. The Morgan fingerprint density at radius 2 is 2.07 bits per heavy atom. The topological polar surface area (TPSA) is 75.1 Å². The Kier molecular flexibility index (Phi) is 6.77. The molecule has 0 radical (unpaired) electrons. The maximum atomic E-state index is 14.6. The molecule has 0 unspecified atom stereocenters. The van der Waals surface area contributed by atoms with E-state index >= 15 is 0 Å². The van der Waals surface area contributed by atoms with Gasteiger partial charge in [0.05, 0.1) is 29.5 Å². The number of nitrogen functional groups attached to an aromatic ring is 1. The predicted octanol–water partition coefficient (Wildman–Crippen LogP) is 4.23. The second-order valence-electron chi connectivity index (χ2n) is 8.88. The van der Waals surface area contributed by atoms with E-state index in [0.29, 0.717) is 37.4 Å². The van der Waals surface area contributed by atoms with E-state index in [1.54, 1.807) is 22.9 Å². The Balaban J connectivity index is 2.03. The van der Waals surface area contributed by atoms with Crippen molar-refractivity contribution < 1.29 is 9.13 Å². The minimum atomic E-state index is -1.22. The van der Waals surface area contributed by atoms with Crippen LogP contribution in [0.25, 0.3) is 11.0 Å². The number of hydrogen-bond donors (Lipinski definition) is 1. The number of ether oxygens (including phenoxy) is 1. The van der Waals surface area contributed by atoms with Gasteiger partial charge in [-0.3, -0.25) is 9.78 Å². The smallest absolute Gasteiger partial charge is 0.274 e. The van der Waals surface area contributed by atoms with Crippen molar-refractivity contribution in [2.75, 3.05) is 12.3 Å². The normalized spacial score (nSPS) is 12.0. The average Bonchev–Trinajstić information content (AvgIpc) is 3.02. The van der Waals surface area contributed by atoms with Gasteiger partial charge in [0.15, 0.2) is 0 Å². The van der Waals surface area contributed by atoms with E-state index in [-0.39, 0.29) is 17.1 Å². The van der Waals surface area contributed by atoms with Crippen LogP contribution in [0.1, 0.15) is 24.6 Å². The van der Waals surface area contributed by atoms with E-state index in [4.69, 9.17) is 10.5 Å². The number of aromatic nitrogens is 3. The third-order valence-electron chi connectivity index (χ3n) is 5.15. The number of rotatable bonds is 9. The van der Waals surface area contributed by atoms with E-state index in [0.717, 1.165) is 23.7 Å². The van der Waals surface area contributed by atoms with E-state index in [1.165, 1.54) is 6.20 Å². The maximum Gasteiger partial charge on any atom is 0.274 e. The lowest BCUT2D eigenvalue weighted by Crippen LogP contribution is -2.24. The number of fused-ring (bicyclic) bond motifs is 1. The molecular weight excluding hydrogens is 399 g/mol. The molecular formula is C22H31FN4O2Si. The first-order chi connectivity index (χ1) is 14.2. The molecule has 0 aliphatic carbocycles. The van der Waals surface area contributed by atoms with E-state index in [2.05, 4.69) is 24.6 Å². The molecule has 0 aliphatic rings. The quantitative estimate of drug-likeness (QED) is 0.407. The average molecular weight is 431 g/mol. The van der Waals surface area contributed by atoms with Crippen LogP contribution < -0.4 is 11.3 Å². The second kappa shape index (κ2) is 9.14. The molecule has 3 rings (SSSR count). The lowest BCUT2D eigenvalue weighted by molar-refractivity contribution is 0.0881. The van der Waals surface area contributed by atoms with Crippen LogP contribution >= 0.6 is 0 Å². The molecule has 2 N–H and O–H groups in total. The van der Waals surface area contributed by atoms with Gasteiger partial charge >= 0.3 is 0 Å². The Labute approximate surface area is 177 Å². The number of pyridine rings is 2. The molecule has 0 spiro atoms. The lowest BCUT2D eigenvalue weighted by atomic mass is 10.1.